The van der Waals surface area contributed by atoms with E-state index in [1.54, 1.807) is 7.11 Å². The Morgan fingerprint density at radius 3 is 2.69 bits per heavy atom. The third-order valence-corrected chi connectivity index (χ3v) is 3.22. The van der Waals surface area contributed by atoms with Crippen molar-refractivity contribution in [1.29, 1.82) is 0 Å². The normalized spacial score (nSPS) is 25.1. The van der Waals surface area contributed by atoms with Gasteiger partial charge in [0, 0.05) is 12.1 Å². The van der Waals surface area contributed by atoms with E-state index >= 15 is 0 Å². The number of ether oxygens (including phenoxy) is 1. The SMILES string of the molecule is COc1cc(NC2CCC(C)CC2)ncn1. The summed E-state index contributed by atoms with van der Waals surface area (Å²) in [6.45, 7) is 2.32. The van der Waals surface area contributed by atoms with Crippen molar-refractivity contribution in [1.82, 2.24) is 9.97 Å². The van der Waals surface area contributed by atoms with Gasteiger partial charge >= 0.3 is 0 Å². The van der Waals surface area contributed by atoms with Crippen molar-refractivity contribution in [3.05, 3.63) is 12.4 Å². The van der Waals surface area contributed by atoms with Crippen LogP contribution in [0.2, 0.25) is 0 Å². The molecule has 88 valence electrons. The Labute approximate surface area is 96.4 Å². The van der Waals surface area contributed by atoms with Crippen LogP contribution in [0.5, 0.6) is 5.88 Å². The molecule has 0 aliphatic heterocycles. The molecule has 0 bridgehead atoms. The fraction of sp³-hybridized carbons (Fsp3) is 0.667. The van der Waals surface area contributed by atoms with E-state index in [4.69, 9.17) is 4.74 Å². The van der Waals surface area contributed by atoms with Crippen LogP contribution in [-0.4, -0.2) is 23.1 Å². The molecule has 4 heteroatoms. The van der Waals surface area contributed by atoms with E-state index in [-0.39, 0.29) is 0 Å². The zero-order chi connectivity index (χ0) is 11.4. The van der Waals surface area contributed by atoms with Gasteiger partial charge < -0.3 is 10.1 Å². The highest BCUT2D eigenvalue weighted by atomic mass is 16.5. The molecule has 0 radical (unpaired) electrons. The largest absolute Gasteiger partial charge is 0.481 e. The Hall–Kier alpha value is -1.32. The van der Waals surface area contributed by atoms with Gasteiger partial charge in [0.1, 0.15) is 12.1 Å². The third kappa shape index (κ3) is 2.84. The van der Waals surface area contributed by atoms with Crippen LogP contribution in [0.15, 0.2) is 12.4 Å². The lowest BCUT2D eigenvalue weighted by molar-refractivity contribution is 0.360. The van der Waals surface area contributed by atoms with Crippen LogP contribution < -0.4 is 10.1 Å². The van der Waals surface area contributed by atoms with Crippen LogP contribution in [0, 0.1) is 5.92 Å². The molecule has 1 aliphatic rings. The van der Waals surface area contributed by atoms with Crippen LogP contribution >= 0.6 is 0 Å². The number of anilines is 1. The first-order valence-corrected chi connectivity index (χ1v) is 5.90. The Morgan fingerprint density at radius 2 is 2.00 bits per heavy atom. The molecule has 1 heterocycles. The van der Waals surface area contributed by atoms with Crippen LogP contribution in [0.3, 0.4) is 0 Å². The Bertz CT molecular complexity index is 335. The summed E-state index contributed by atoms with van der Waals surface area (Å²) in [5.41, 5.74) is 0. The first kappa shape index (κ1) is 11.2. The molecule has 4 nitrogen and oxygen atoms in total. The molecule has 0 unspecified atom stereocenters. The quantitative estimate of drug-likeness (QED) is 0.851. The zero-order valence-electron chi connectivity index (χ0n) is 9.94. The van der Waals surface area contributed by atoms with Gasteiger partial charge in [-0.05, 0) is 31.6 Å². The Morgan fingerprint density at radius 1 is 1.25 bits per heavy atom. The van der Waals surface area contributed by atoms with Crippen molar-refractivity contribution >= 4 is 5.82 Å². The first-order chi connectivity index (χ1) is 7.78. The highest BCUT2D eigenvalue weighted by Gasteiger charge is 2.18. The molecule has 1 fully saturated rings. The van der Waals surface area contributed by atoms with Crippen molar-refractivity contribution < 1.29 is 4.74 Å². The number of nitrogens with zero attached hydrogens (tertiary/aromatic N) is 2. The summed E-state index contributed by atoms with van der Waals surface area (Å²) in [4.78, 5) is 8.19. The van der Waals surface area contributed by atoms with E-state index in [1.807, 2.05) is 6.07 Å². The second kappa shape index (κ2) is 5.14. The van der Waals surface area contributed by atoms with Crippen LogP contribution in [-0.2, 0) is 0 Å². The molecular weight excluding hydrogens is 202 g/mol. The number of hydrogen-bond acceptors (Lipinski definition) is 4. The molecule has 16 heavy (non-hydrogen) atoms. The summed E-state index contributed by atoms with van der Waals surface area (Å²) in [5.74, 6) is 2.35. The number of nitrogens with one attached hydrogen (secondary N) is 1. The van der Waals surface area contributed by atoms with E-state index in [2.05, 4.69) is 22.2 Å². The molecule has 0 saturated heterocycles. The van der Waals surface area contributed by atoms with Gasteiger partial charge in [0.25, 0.3) is 0 Å². The van der Waals surface area contributed by atoms with Gasteiger partial charge in [-0.3, -0.25) is 0 Å². The first-order valence-electron chi connectivity index (χ1n) is 5.90. The predicted octanol–water partition coefficient (Wildman–Crippen LogP) is 2.48. The average molecular weight is 221 g/mol. The Balaban J connectivity index is 1.93. The highest BCUT2D eigenvalue weighted by molar-refractivity contribution is 5.38. The molecule has 0 atom stereocenters. The molecule has 0 amide bonds. The van der Waals surface area contributed by atoms with Crippen molar-refractivity contribution in [2.24, 2.45) is 5.92 Å². The lowest BCUT2D eigenvalue weighted by Crippen LogP contribution is -2.25. The monoisotopic (exact) mass is 221 g/mol. The minimum Gasteiger partial charge on any atom is -0.481 e. The highest BCUT2D eigenvalue weighted by Crippen LogP contribution is 2.25. The second-order valence-electron chi connectivity index (χ2n) is 4.55. The summed E-state index contributed by atoms with van der Waals surface area (Å²) in [6.07, 6.45) is 6.60. The summed E-state index contributed by atoms with van der Waals surface area (Å²) in [6, 6.07) is 2.40. The minimum absolute atomic E-state index is 0.552. The van der Waals surface area contributed by atoms with E-state index in [0.717, 1.165) is 11.7 Å². The van der Waals surface area contributed by atoms with Crippen molar-refractivity contribution in [2.45, 2.75) is 38.6 Å². The fourth-order valence-corrected chi connectivity index (χ4v) is 2.14. The molecule has 0 spiro atoms. The standard InChI is InChI=1S/C12H19N3O/c1-9-3-5-10(6-4-9)15-11-7-12(16-2)14-8-13-11/h7-10H,3-6H2,1-2H3,(H,13,14,15). The summed E-state index contributed by atoms with van der Waals surface area (Å²) in [7, 11) is 1.62. The summed E-state index contributed by atoms with van der Waals surface area (Å²) < 4.78 is 5.07. The predicted molar refractivity (Wildman–Crippen MR) is 63.6 cm³/mol. The minimum atomic E-state index is 0.552. The molecule has 1 N–H and O–H groups in total. The lowest BCUT2D eigenvalue weighted by atomic mass is 9.87. The van der Waals surface area contributed by atoms with Gasteiger partial charge in [-0.1, -0.05) is 6.92 Å². The maximum absolute atomic E-state index is 5.07. The Kier molecular flexibility index (Phi) is 3.59. The number of aromatic nitrogens is 2. The maximum Gasteiger partial charge on any atom is 0.218 e. The van der Waals surface area contributed by atoms with E-state index in [0.29, 0.717) is 11.9 Å². The number of hydrogen-bond donors (Lipinski definition) is 1. The van der Waals surface area contributed by atoms with Crippen LogP contribution in [0.25, 0.3) is 0 Å². The van der Waals surface area contributed by atoms with Crippen LogP contribution in [0.1, 0.15) is 32.6 Å². The van der Waals surface area contributed by atoms with Gasteiger partial charge in [0.15, 0.2) is 0 Å². The topological polar surface area (TPSA) is 47.0 Å². The van der Waals surface area contributed by atoms with Crippen molar-refractivity contribution in [3.63, 3.8) is 0 Å². The van der Waals surface area contributed by atoms with Gasteiger partial charge in [0.2, 0.25) is 5.88 Å². The van der Waals surface area contributed by atoms with Gasteiger partial charge in [-0.2, -0.15) is 0 Å². The molecule has 1 aromatic rings. The number of methoxy groups -OCH3 is 1. The maximum atomic E-state index is 5.07. The van der Waals surface area contributed by atoms with E-state index < -0.39 is 0 Å². The molecule has 0 aromatic carbocycles. The van der Waals surface area contributed by atoms with Crippen molar-refractivity contribution in [2.75, 3.05) is 12.4 Å². The van der Waals surface area contributed by atoms with Gasteiger partial charge in [-0.25, -0.2) is 9.97 Å². The number of rotatable bonds is 3. The smallest absolute Gasteiger partial charge is 0.218 e. The van der Waals surface area contributed by atoms with E-state index in [9.17, 15) is 0 Å². The fourth-order valence-electron chi connectivity index (χ4n) is 2.14. The van der Waals surface area contributed by atoms with E-state index in [1.165, 1.54) is 32.0 Å². The molecule has 1 saturated carbocycles. The lowest BCUT2D eigenvalue weighted by Gasteiger charge is -2.27. The average Bonchev–Trinajstić information content (AvgIpc) is 2.32. The van der Waals surface area contributed by atoms with Crippen molar-refractivity contribution in [3.8, 4) is 5.88 Å². The van der Waals surface area contributed by atoms with Gasteiger partial charge in [0.05, 0.1) is 7.11 Å². The molecular formula is C12H19N3O. The summed E-state index contributed by atoms with van der Waals surface area (Å²) >= 11 is 0. The van der Waals surface area contributed by atoms with Gasteiger partial charge in [-0.15, -0.1) is 0 Å². The second-order valence-corrected chi connectivity index (χ2v) is 4.55. The third-order valence-electron chi connectivity index (χ3n) is 3.22. The zero-order valence-corrected chi connectivity index (χ0v) is 9.94. The molecule has 1 aliphatic carbocycles. The summed E-state index contributed by atoms with van der Waals surface area (Å²) in [5, 5.41) is 3.44. The molecule has 2 rings (SSSR count). The van der Waals surface area contributed by atoms with Crippen LogP contribution in [0.4, 0.5) is 5.82 Å². The molecule has 1 aromatic heterocycles.